The Morgan fingerprint density at radius 1 is 1.11 bits per heavy atom. The Morgan fingerprint density at radius 2 is 1.78 bits per heavy atom. The molecule has 27 heavy (non-hydrogen) atoms. The van der Waals surface area contributed by atoms with Crippen molar-refractivity contribution >= 4 is 23.4 Å². The Balaban J connectivity index is 1.50. The minimum atomic E-state index is -0.268. The van der Waals surface area contributed by atoms with E-state index in [4.69, 9.17) is 0 Å². The Kier molecular flexibility index (Phi) is 5.25. The first-order chi connectivity index (χ1) is 13.2. The summed E-state index contributed by atoms with van der Waals surface area (Å²) in [4.78, 5) is 12.6. The predicted molar refractivity (Wildman–Crippen MR) is 108 cm³/mol. The molecule has 1 saturated carbocycles. The molecule has 1 aliphatic rings. The lowest BCUT2D eigenvalue weighted by Crippen LogP contribution is -2.23. The second kappa shape index (κ2) is 7.96. The van der Waals surface area contributed by atoms with Crippen LogP contribution in [-0.4, -0.2) is 25.9 Å². The van der Waals surface area contributed by atoms with Gasteiger partial charge in [-0.2, -0.15) is 0 Å². The van der Waals surface area contributed by atoms with Crippen molar-refractivity contribution in [3.63, 3.8) is 0 Å². The number of thioether (sulfide) groups is 1. The highest BCUT2D eigenvalue weighted by molar-refractivity contribution is 8.00. The van der Waals surface area contributed by atoms with Gasteiger partial charge >= 0.3 is 0 Å². The van der Waals surface area contributed by atoms with Crippen LogP contribution in [0.15, 0.2) is 65.8 Å². The molecule has 1 N–H and O–H groups in total. The molecule has 0 spiro atoms. The second-order valence-electron chi connectivity index (χ2n) is 6.80. The monoisotopic (exact) mass is 378 g/mol. The van der Waals surface area contributed by atoms with E-state index in [1.54, 1.807) is 0 Å². The lowest BCUT2D eigenvalue weighted by atomic mass is 10.2. The van der Waals surface area contributed by atoms with E-state index in [1.165, 1.54) is 30.2 Å². The zero-order valence-corrected chi connectivity index (χ0v) is 16.0. The maximum atomic E-state index is 12.6. The molecule has 6 heteroatoms. The van der Waals surface area contributed by atoms with Crippen molar-refractivity contribution in [3.8, 4) is 0 Å². The summed E-state index contributed by atoms with van der Waals surface area (Å²) in [5.41, 5.74) is 2.02. The highest BCUT2D eigenvalue weighted by atomic mass is 32.2. The number of benzene rings is 2. The Morgan fingerprint density at radius 3 is 2.44 bits per heavy atom. The molecule has 0 bridgehead atoms. The van der Waals surface area contributed by atoms with Crippen LogP contribution in [0.25, 0.3) is 0 Å². The molecular formula is C21H22N4OS. The van der Waals surface area contributed by atoms with Gasteiger partial charge in [0.15, 0.2) is 5.16 Å². The predicted octanol–water partition coefficient (Wildman–Crippen LogP) is 4.32. The molecule has 0 saturated heterocycles. The summed E-state index contributed by atoms with van der Waals surface area (Å²) in [6.07, 6.45) is 2.34. The molecule has 138 valence electrons. The first-order valence-corrected chi connectivity index (χ1v) is 10.1. The third-order valence-electron chi connectivity index (χ3n) is 4.56. The van der Waals surface area contributed by atoms with Crippen molar-refractivity contribution in [2.45, 2.75) is 42.6 Å². The van der Waals surface area contributed by atoms with Crippen LogP contribution in [0.2, 0.25) is 0 Å². The number of aromatic nitrogens is 3. The molecule has 1 aliphatic carbocycles. The van der Waals surface area contributed by atoms with Crippen LogP contribution in [0.1, 0.15) is 37.1 Å². The number of hydrogen-bond acceptors (Lipinski definition) is 4. The molecule has 4 rings (SSSR count). The molecule has 0 aliphatic heterocycles. The molecule has 2 aromatic carbocycles. The van der Waals surface area contributed by atoms with Gasteiger partial charge in [-0.1, -0.05) is 60.3 Å². The zero-order chi connectivity index (χ0) is 18.6. The van der Waals surface area contributed by atoms with Gasteiger partial charge in [-0.3, -0.25) is 4.79 Å². The van der Waals surface area contributed by atoms with Crippen molar-refractivity contribution in [1.29, 1.82) is 0 Å². The summed E-state index contributed by atoms with van der Waals surface area (Å²) >= 11 is 1.46. The van der Waals surface area contributed by atoms with E-state index in [1.807, 2.05) is 55.5 Å². The number of para-hydroxylation sites is 1. The van der Waals surface area contributed by atoms with Gasteiger partial charge in [0.2, 0.25) is 5.91 Å². The number of carbonyl (C=O) groups excluding carboxylic acids is 1. The zero-order valence-electron chi connectivity index (χ0n) is 15.2. The number of hydrogen-bond donors (Lipinski definition) is 1. The van der Waals surface area contributed by atoms with E-state index in [0.717, 1.165) is 23.2 Å². The molecule has 3 aromatic rings. The molecule has 1 atom stereocenters. The number of anilines is 1. The Bertz CT molecular complexity index is 906. The summed E-state index contributed by atoms with van der Waals surface area (Å²) in [6, 6.07) is 19.8. The Labute approximate surface area is 163 Å². The first kappa shape index (κ1) is 17.8. The first-order valence-electron chi connectivity index (χ1n) is 9.20. The fourth-order valence-corrected chi connectivity index (χ4v) is 3.78. The summed E-state index contributed by atoms with van der Waals surface area (Å²) in [5.74, 6) is 1.51. The average Bonchev–Trinajstić information content (AvgIpc) is 3.47. The van der Waals surface area contributed by atoms with Gasteiger partial charge in [0, 0.05) is 11.6 Å². The SMILES string of the molecule is CC(Sc1nnc(C2CC2)n1Cc1ccccc1)C(=O)Nc1ccccc1. The topological polar surface area (TPSA) is 59.8 Å². The summed E-state index contributed by atoms with van der Waals surface area (Å²) < 4.78 is 2.17. The molecule has 0 radical (unpaired) electrons. The van der Waals surface area contributed by atoms with Gasteiger partial charge in [0.05, 0.1) is 11.8 Å². The third kappa shape index (κ3) is 4.39. The second-order valence-corrected chi connectivity index (χ2v) is 8.11. The average molecular weight is 379 g/mol. The van der Waals surface area contributed by atoms with Gasteiger partial charge in [0.1, 0.15) is 5.82 Å². The van der Waals surface area contributed by atoms with Gasteiger partial charge in [-0.15, -0.1) is 10.2 Å². The van der Waals surface area contributed by atoms with Crippen LogP contribution in [0.4, 0.5) is 5.69 Å². The van der Waals surface area contributed by atoms with Gasteiger partial charge in [0.25, 0.3) is 0 Å². The smallest absolute Gasteiger partial charge is 0.237 e. The van der Waals surface area contributed by atoms with E-state index in [0.29, 0.717) is 5.92 Å². The number of nitrogens with zero attached hydrogens (tertiary/aromatic N) is 3. The number of rotatable bonds is 7. The van der Waals surface area contributed by atoms with Crippen molar-refractivity contribution in [2.24, 2.45) is 0 Å². The van der Waals surface area contributed by atoms with E-state index in [9.17, 15) is 4.79 Å². The molecule has 1 amide bonds. The van der Waals surface area contributed by atoms with Crippen LogP contribution in [0, 0.1) is 0 Å². The van der Waals surface area contributed by atoms with Gasteiger partial charge in [-0.25, -0.2) is 0 Å². The largest absolute Gasteiger partial charge is 0.325 e. The summed E-state index contributed by atoms with van der Waals surface area (Å²) in [7, 11) is 0. The Hall–Kier alpha value is -2.60. The molecular weight excluding hydrogens is 356 g/mol. The fraction of sp³-hybridized carbons (Fsp3) is 0.286. The standard InChI is InChI=1S/C21H22N4OS/c1-15(20(26)22-18-10-6-3-7-11-18)27-21-24-23-19(17-12-13-17)25(21)14-16-8-4-2-5-9-16/h2-11,15,17H,12-14H2,1H3,(H,22,26). The normalized spacial score (nSPS) is 14.7. The minimum absolute atomic E-state index is 0.0339. The maximum absolute atomic E-state index is 12.6. The fourth-order valence-electron chi connectivity index (χ4n) is 2.92. The maximum Gasteiger partial charge on any atom is 0.237 e. The van der Waals surface area contributed by atoms with Crippen LogP contribution in [0.5, 0.6) is 0 Å². The summed E-state index contributed by atoms with van der Waals surface area (Å²) in [6.45, 7) is 2.64. The molecule has 1 aromatic heterocycles. The lowest BCUT2D eigenvalue weighted by Gasteiger charge is -2.14. The highest BCUT2D eigenvalue weighted by Gasteiger charge is 2.31. The number of carbonyl (C=O) groups is 1. The van der Waals surface area contributed by atoms with Crippen LogP contribution in [-0.2, 0) is 11.3 Å². The van der Waals surface area contributed by atoms with Crippen LogP contribution in [0.3, 0.4) is 0 Å². The highest BCUT2D eigenvalue weighted by Crippen LogP contribution is 2.40. The van der Waals surface area contributed by atoms with Crippen molar-refractivity contribution in [2.75, 3.05) is 5.32 Å². The summed E-state index contributed by atoms with van der Waals surface area (Å²) in [5, 5.41) is 12.3. The van der Waals surface area contributed by atoms with E-state index >= 15 is 0 Å². The molecule has 5 nitrogen and oxygen atoms in total. The molecule has 1 fully saturated rings. The molecule has 1 heterocycles. The van der Waals surface area contributed by atoms with Gasteiger partial charge < -0.3 is 9.88 Å². The lowest BCUT2D eigenvalue weighted by molar-refractivity contribution is -0.115. The number of nitrogens with one attached hydrogen (secondary N) is 1. The van der Waals surface area contributed by atoms with Crippen molar-refractivity contribution < 1.29 is 4.79 Å². The quantitative estimate of drug-likeness (QED) is 0.622. The van der Waals surface area contributed by atoms with E-state index in [2.05, 4.69) is 32.2 Å². The van der Waals surface area contributed by atoms with Crippen LogP contribution >= 0.6 is 11.8 Å². The van der Waals surface area contributed by atoms with Gasteiger partial charge in [-0.05, 0) is 37.5 Å². The van der Waals surface area contributed by atoms with E-state index in [-0.39, 0.29) is 11.2 Å². The van der Waals surface area contributed by atoms with Crippen LogP contribution < -0.4 is 5.32 Å². The van der Waals surface area contributed by atoms with Crippen molar-refractivity contribution in [3.05, 3.63) is 72.1 Å². The minimum Gasteiger partial charge on any atom is -0.325 e. The number of amides is 1. The molecule has 1 unspecified atom stereocenters. The van der Waals surface area contributed by atoms with E-state index < -0.39 is 0 Å². The third-order valence-corrected chi connectivity index (χ3v) is 5.64. The van der Waals surface area contributed by atoms with Crippen molar-refractivity contribution in [1.82, 2.24) is 14.8 Å².